The van der Waals surface area contributed by atoms with Crippen molar-refractivity contribution in [1.82, 2.24) is 34.9 Å². The molecule has 6 rings (SSSR count). The SMILES string of the molecule is CCCc1nc(-c2ccncc2)cn2c(C(Cc3cccnc3)C(=O)N[C@@H](CC3CCCCC3)[C@@H](O)[C@@H](O)C3CC3)nnc12. The summed E-state index contributed by atoms with van der Waals surface area (Å²) in [7, 11) is 0. The first-order valence-electron chi connectivity index (χ1n) is 16.2. The van der Waals surface area contributed by atoms with Gasteiger partial charge in [-0.1, -0.05) is 51.5 Å². The van der Waals surface area contributed by atoms with Crippen LogP contribution in [0.1, 0.15) is 87.7 Å². The van der Waals surface area contributed by atoms with Crippen molar-refractivity contribution in [2.24, 2.45) is 11.8 Å². The van der Waals surface area contributed by atoms with E-state index in [1.165, 1.54) is 6.42 Å². The minimum Gasteiger partial charge on any atom is -0.390 e. The summed E-state index contributed by atoms with van der Waals surface area (Å²) in [4.78, 5) is 27.7. The van der Waals surface area contributed by atoms with Crippen LogP contribution in [0.2, 0.25) is 0 Å². The Morgan fingerprint density at radius 3 is 2.52 bits per heavy atom. The van der Waals surface area contributed by atoms with Crippen molar-refractivity contribution in [1.29, 1.82) is 0 Å². The van der Waals surface area contributed by atoms with Crippen LogP contribution in [0.15, 0.2) is 55.2 Å². The number of nitrogens with one attached hydrogen (secondary N) is 1. The van der Waals surface area contributed by atoms with Crippen LogP contribution in [-0.4, -0.2) is 63.9 Å². The Bertz CT molecular complexity index is 1520. The molecule has 0 bridgehead atoms. The van der Waals surface area contributed by atoms with Gasteiger partial charge in [-0.25, -0.2) is 4.98 Å². The van der Waals surface area contributed by atoms with Crippen molar-refractivity contribution in [3.63, 3.8) is 0 Å². The number of carbonyl (C=O) groups excluding carboxylic acids is 1. The largest absolute Gasteiger partial charge is 0.390 e. The van der Waals surface area contributed by atoms with E-state index in [2.05, 4.69) is 32.4 Å². The van der Waals surface area contributed by atoms with Crippen LogP contribution in [0.25, 0.3) is 16.9 Å². The maximum Gasteiger partial charge on any atom is 0.231 e. The molecule has 1 unspecified atom stereocenters. The highest BCUT2D eigenvalue weighted by Gasteiger charge is 2.40. The van der Waals surface area contributed by atoms with Gasteiger partial charge in [0.05, 0.1) is 23.5 Å². The van der Waals surface area contributed by atoms with Gasteiger partial charge in [-0.15, -0.1) is 10.2 Å². The first kappa shape index (κ1) is 30.3. The molecule has 10 heteroatoms. The van der Waals surface area contributed by atoms with Gasteiger partial charge in [-0.2, -0.15) is 0 Å². The van der Waals surface area contributed by atoms with Crippen LogP contribution in [0.4, 0.5) is 0 Å². The van der Waals surface area contributed by atoms with Crippen molar-refractivity contribution in [3.05, 3.63) is 72.3 Å². The topological polar surface area (TPSA) is 138 Å². The number of aliphatic hydroxyl groups is 2. The molecule has 4 heterocycles. The molecule has 2 fully saturated rings. The summed E-state index contributed by atoms with van der Waals surface area (Å²) in [6.07, 6.45) is 17.1. The van der Waals surface area contributed by atoms with Gasteiger partial charge in [0.25, 0.3) is 0 Å². The first-order valence-corrected chi connectivity index (χ1v) is 16.2. The molecule has 2 aliphatic rings. The fourth-order valence-electron chi connectivity index (χ4n) is 6.64. The average molecular weight is 598 g/mol. The second-order valence-electron chi connectivity index (χ2n) is 12.6. The Morgan fingerprint density at radius 2 is 1.82 bits per heavy atom. The fraction of sp³-hybridized carbons (Fsp3) is 0.529. The smallest absolute Gasteiger partial charge is 0.231 e. The minimum atomic E-state index is -1.03. The number of hydrogen-bond donors (Lipinski definition) is 3. The third-order valence-electron chi connectivity index (χ3n) is 9.25. The highest BCUT2D eigenvalue weighted by Crippen LogP contribution is 2.36. The van der Waals surface area contributed by atoms with E-state index in [1.54, 1.807) is 24.8 Å². The standard InChI is InChI=1S/C34H43N7O3/c1-2-7-27-33-40-39-32(41(33)21-29(37-27)24-13-16-35-17-14-24)26(18-23-10-6-15-36-20-23)34(44)38-28(19-22-8-4-3-5-9-22)31(43)30(42)25-11-12-25/h6,10,13-17,20-22,25-26,28,30-31,42-43H,2-5,7-9,11-12,18-19H2,1H3,(H,38,44)/t26?,28-,30-,31+/m0/s1. The molecule has 2 aliphatic carbocycles. The van der Waals surface area contributed by atoms with Crippen molar-refractivity contribution in [3.8, 4) is 11.3 Å². The van der Waals surface area contributed by atoms with Gasteiger partial charge < -0.3 is 15.5 Å². The number of hydrogen-bond acceptors (Lipinski definition) is 8. The van der Waals surface area contributed by atoms with Crippen LogP contribution < -0.4 is 5.32 Å². The molecule has 4 aromatic heterocycles. The van der Waals surface area contributed by atoms with Gasteiger partial charge in [-0.3, -0.25) is 19.2 Å². The molecule has 3 N–H and O–H groups in total. The zero-order chi connectivity index (χ0) is 30.5. The number of aromatic nitrogens is 6. The monoisotopic (exact) mass is 597 g/mol. The summed E-state index contributed by atoms with van der Waals surface area (Å²) in [6.45, 7) is 2.10. The summed E-state index contributed by atoms with van der Waals surface area (Å²) in [5.74, 6) is 0.0516. The van der Waals surface area contributed by atoms with Gasteiger partial charge in [0.2, 0.25) is 5.91 Å². The Labute approximate surface area is 258 Å². The van der Waals surface area contributed by atoms with Crippen LogP contribution in [-0.2, 0) is 17.6 Å². The summed E-state index contributed by atoms with van der Waals surface area (Å²) in [5.41, 5.74) is 4.01. The molecule has 10 nitrogen and oxygen atoms in total. The summed E-state index contributed by atoms with van der Waals surface area (Å²) >= 11 is 0. The molecule has 0 spiro atoms. The number of fused-ring (bicyclic) bond motifs is 1. The van der Waals surface area contributed by atoms with Crippen molar-refractivity contribution in [2.45, 2.75) is 102 Å². The third-order valence-corrected chi connectivity index (χ3v) is 9.25. The number of aryl methyl sites for hydroxylation is 1. The van der Waals surface area contributed by atoms with Gasteiger partial charge >= 0.3 is 0 Å². The second kappa shape index (κ2) is 13.9. The quantitative estimate of drug-likeness (QED) is 0.206. The normalized spacial score (nSPS) is 18.5. The molecule has 0 saturated heterocycles. The number of amides is 1. The van der Waals surface area contributed by atoms with E-state index < -0.39 is 24.2 Å². The van der Waals surface area contributed by atoms with Crippen molar-refractivity contribution >= 4 is 11.6 Å². The Hall–Kier alpha value is -3.76. The van der Waals surface area contributed by atoms with E-state index in [-0.39, 0.29) is 11.8 Å². The molecule has 44 heavy (non-hydrogen) atoms. The van der Waals surface area contributed by atoms with E-state index in [0.717, 1.165) is 67.5 Å². The molecule has 4 atom stereocenters. The molecule has 0 aromatic carbocycles. The molecular weight excluding hydrogens is 554 g/mol. The van der Waals surface area contributed by atoms with Gasteiger partial charge in [-0.05, 0) is 67.7 Å². The number of carbonyl (C=O) groups is 1. The van der Waals surface area contributed by atoms with E-state index in [4.69, 9.17) is 4.98 Å². The van der Waals surface area contributed by atoms with E-state index >= 15 is 0 Å². The van der Waals surface area contributed by atoms with Crippen LogP contribution in [0.3, 0.4) is 0 Å². The predicted molar refractivity (Wildman–Crippen MR) is 167 cm³/mol. The summed E-state index contributed by atoms with van der Waals surface area (Å²) in [6, 6.07) is 7.08. The maximum atomic E-state index is 14.4. The lowest BCUT2D eigenvalue weighted by atomic mass is 9.82. The zero-order valence-electron chi connectivity index (χ0n) is 25.4. The van der Waals surface area contributed by atoms with E-state index in [0.29, 0.717) is 36.7 Å². The lowest BCUT2D eigenvalue weighted by Crippen LogP contribution is -2.51. The molecule has 4 aromatic rings. The zero-order valence-corrected chi connectivity index (χ0v) is 25.4. The van der Waals surface area contributed by atoms with E-state index in [9.17, 15) is 15.0 Å². The molecule has 0 radical (unpaired) electrons. The highest BCUT2D eigenvalue weighted by atomic mass is 16.3. The minimum absolute atomic E-state index is 0.0958. The number of aliphatic hydroxyl groups excluding tert-OH is 2. The third kappa shape index (κ3) is 6.97. The summed E-state index contributed by atoms with van der Waals surface area (Å²) < 4.78 is 1.90. The Morgan fingerprint density at radius 1 is 1.02 bits per heavy atom. The average Bonchev–Trinajstić information content (AvgIpc) is 3.83. The highest BCUT2D eigenvalue weighted by molar-refractivity contribution is 5.83. The van der Waals surface area contributed by atoms with Gasteiger partial charge in [0, 0.05) is 36.5 Å². The second-order valence-corrected chi connectivity index (χ2v) is 12.6. The van der Waals surface area contributed by atoms with Crippen molar-refractivity contribution in [2.75, 3.05) is 0 Å². The lowest BCUT2D eigenvalue weighted by Gasteiger charge is -2.33. The van der Waals surface area contributed by atoms with Crippen LogP contribution >= 0.6 is 0 Å². The number of nitrogens with zero attached hydrogens (tertiary/aromatic N) is 6. The first-order chi connectivity index (χ1) is 21.5. The van der Waals surface area contributed by atoms with Crippen LogP contribution in [0.5, 0.6) is 0 Å². The van der Waals surface area contributed by atoms with Crippen molar-refractivity contribution < 1.29 is 15.0 Å². The van der Waals surface area contributed by atoms with E-state index in [1.807, 2.05) is 34.9 Å². The Balaban J connectivity index is 1.37. The molecular formula is C34H43N7O3. The number of pyridine rings is 2. The predicted octanol–water partition coefficient (Wildman–Crippen LogP) is 4.45. The Kier molecular flexibility index (Phi) is 9.57. The molecule has 2 saturated carbocycles. The maximum absolute atomic E-state index is 14.4. The lowest BCUT2D eigenvalue weighted by molar-refractivity contribution is -0.125. The fourth-order valence-corrected chi connectivity index (χ4v) is 6.64. The molecule has 1 amide bonds. The number of rotatable bonds is 13. The molecule has 232 valence electrons. The molecule has 0 aliphatic heterocycles. The van der Waals surface area contributed by atoms with Crippen LogP contribution in [0, 0.1) is 11.8 Å². The van der Waals surface area contributed by atoms with Gasteiger partial charge in [0.1, 0.15) is 17.8 Å². The summed E-state index contributed by atoms with van der Waals surface area (Å²) in [5, 5.41) is 34.7. The van der Waals surface area contributed by atoms with Gasteiger partial charge in [0.15, 0.2) is 5.65 Å².